The third kappa shape index (κ3) is 6.34. The fourth-order valence-corrected chi connectivity index (χ4v) is 2.98. The third-order valence-electron chi connectivity index (χ3n) is 4.54. The van der Waals surface area contributed by atoms with Crippen molar-refractivity contribution in [2.45, 2.75) is 13.8 Å². The minimum absolute atomic E-state index is 0.252. The van der Waals surface area contributed by atoms with Crippen LogP contribution in [0.4, 0.5) is 5.69 Å². The fraction of sp³-hybridized carbons (Fsp3) is 0.200. The number of carbonyl (C=O) groups is 2. The molecule has 0 atom stereocenters. The van der Waals surface area contributed by atoms with Crippen molar-refractivity contribution in [3.63, 3.8) is 0 Å². The zero-order chi connectivity index (χ0) is 22.1. The molecule has 1 amide bonds. The Morgan fingerprint density at radius 1 is 0.774 bits per heavy atom. The molecule has 0 heterocycles. The van der Waals surface area contributed by atoms with Gasteiger partial charge in [-0.1, -0.05) is 48.5 Å². The van der Waals surface area contributed by atoms with E-state index in [0.29, 0.717) is 12.4 Å². The summed E-state index contributed by atoms with van der Waals surface area (Å²) in [5.41, 5.74) is 2.86. The average Bonchev–Trinajstić information content (AvgIpc) is 2.78. The Morgan fingerprint density at radius 3 is 2.16 bits per heavy atom. The quantitative estimate of drug-likeness (QED) is 0.407. The monoisotopic (exact) mass is 419 g/mol. The molecule has 0 aliphatic rings. The van der Waals surface area contributed by atoms with Crippen LogP contribution in [0, 0.1) is 13.8 Å². The van der Waals surface area contributed by atoms with E-state index in [0.717, 1.165) is 22.6 Å². The smallest absolute Gasteiger partial charge is 0.342 e. The molecule has 0 saturated heterocycles. The molecule has 160 valence electrons. The molecular weight excluding hydrogens is 394 g/mol. The lowest BCUT2D eigenvalue weighted by molar-refractivity contribution is -0.119. The van der Waals surface area contributed by atoms with Crippen molar-refractivity contribution in [1.29, 1.82) is 0 Å². The predicted octanol–water partition coefficient (Wildman–Crippen LogP) is 4.56. The topological polar surface area (TPSA) is 73.9 Å². The number of ether oxygens (including phenoxy) is 3. The Morgan fingerprint density at radius 2 is 1.42 bits per heavy atom. The van der Waals surface area contributed by atoms with Crippen LogP contribution in [0.5, 0.6) is 11.5 Å². The maximum atomic E-state index is 12.5. The third-order valence-corrected chi connectivity index (χ3v) is 4.54. The Hall–Kier alpha value is -3.80. The van der Waals surface area contributed by atoms with Gasteiger partial charge in [0.1, 0.15) is 30.3 Å². The van der Waals surface area contributed by atoms with Crippen LogP contribution in [-0.4, -0.2) is 31.7 Å². The van der Waals surface area contributed by atoms with Crippen molar-refractivity contribution >= 4 is 17.6 Å². The van der Waals surface area contributed by atoms with E-state index in [9.17, 15) is 9.59 Å². The predicted molar refractivity (Wildman–Crippen MR) is 119 cm³/mol. The summed E-state index contributed by atoms with van der Waals surface area (Å²) in [5.74, 6) is 0.0876. The molecule has 0 bridgehead atoms. The van der Waals surface area contributed by atoms with Crippen molar-refractivity contribution in [3.8, 4) is 11.5 Å². The molecule has 3 aromatic rings. The summed E-state index contributed by atoms with van der Waals surface area (Å²) in [6, 6.07) is 21.9. The number of aryl methyl sites for hydroxylation is 2. The van der Waals surface area contributed by atoms with Crippen LogP contribution in [0.2, 0.25) is 0 Å². The standard InChI is InChI=1S/C25H25NO5/c1-18-9-8-10-19(2)24(18)26-23(27)17-31-25(28)21-13-6-7-14-22(21)30-16-15-29-20-11-4-3-5-12-20/h3-14H,15-17H2,1-2H3,(H,26,27). The normalized spacial score (nSPS) is 10.3. The summed E-state index contributed by atoms with van der Waals surface area (Å²) >= 11 is 0. The summed E-state index contributed by atoms with van der Waals surface area (Å²) in [7, 11) is 0. The Labute approximate surface area is 181 Å². The van der Waals surface area contributed by atoms with Crippen LogP contribution in [-0.2, 0) is 9.53 Å². The van der Waals surface area contributed by atoms with Crippen molar-refractivity contribution < 1.29 is 23.8 Å². The van der Waals surface area contributed by atoms with E-state index >= 15 is 0 Å². The molecule has 0 aromatic heterocycles. The second-order valence-corrected chi connectivity index (χ2v) is 6.90. The molecule has 0 aliphatic carbocycles. The lowest BCUT2D eigenvalue weighted by Gasteiger charge is -2.13. The summed E-state index contributed by atoms with van der Waals surface area (Å²) in [4.78, 5) is 24.7. The highest BCUT2D eigenvalue weighted by Crippen LogP contribution is 2.21. The van der Waals surface area contributed by atoms with E-state index in [2.05, 4.69) is 5.32 Å². The maximum absolute atomic E-state index is 12.5. The second kappa shape index (κ2) is 10.8. The van der Waals surface area contributed by atoms with Gasteiger partial charge in [0.15, 0.2) is 6.61 Å². The number of carbonyl (C=O) groups excluding carboxylic acids is 2. The molecule has 6 heteroatoms. The number of esters is 1. The lowest BCUT2D eigenvalue weighted by atomic mass is 10.1. The van der Waals surface area contributed by atoms with Gasteiger partial charge >= 0.3 is 5.97 Å². The molecule has 0 saturated carbocycles. The highest BCUT2D eigenvalue weighted by molar-refractivity contribution is 5.97. The highest BCUT2D eigenvalue weighted by atomic mass is 16.5. The largest absolute Gasteiger partial charge is 0.490 e. The molecule has 0 fully saturated rings. The molecule has 31 heavy (non-hydrogen) atoms. The average molecular weight is 419 g/mol. The molecule has 0 unspecified atom stereocenters. The van der Waals surface area contributed by atoms with Crippen LogP contribution in [0.15, 0.2) is 72.8 Å². The Kier molecular flexibility index (Phi) is 7.65. The maximum Gasteiger partial charge on any atom is 0.342 e. The number of amides is 1. The Bertz CT molecular complexity index is 1010. The van der Waals surface area contributed by atoms with E-state index in [-0.39, 0.29) is 12.2 Å². The molecule has 0 spiro atoms. The van der Waals surface area contributed by atoms with Crippen LogP contribution in [0.3, 0.4) is 0 Å². The van der Waals surface area contributed by atoms with Crippen molar-refractivity contribution in [3.05, 3.63) is 89.5 Å². The first kappa shape index (κ1) is 21.9. The number of rotatable bonds is 9. The molecule has 3 rings (SSSR count). The first-order valence-electron chi connectivity index (χ1n) is 9.97. The highest BCUT2D eigenvalue weighted by Gasteiger charge is 2.16. The van der Waals surface area contributed by atoms with E-state index < -0.39 is 18.5 Å². The lowest BCUT2D eigenvalue weighted by Crippen LogP contribution is -2.22. The van der Waals surface area contributed by atoms with Crippen LogP contribution < -0.4 is 14.8 Å². The van der Waals surface area contributed by atoms with Gasteiger partial charge < -0.3 is 19.5 Å². The summed E-state index contributed by atoms with van der Waals surface area (Å²) in [5, 5.41) is 2.79. The van der Waals surface area contributed by atoms with Gasteiger partial charge in [0.25, 0.3) is 5.91 Å². The van der Waals surface area contributed by atoms with Gasteiger partial charge in [-0.15, -0.1) is 0 Å². The number of nitrogens with one attached hydrogen (secondary N) is 1. The fourth-order valence-electron chi connectivity index (χ4n) is 2.98. The van der Waals surface area contributed by atoms with Gasteiger partial charge in [0.05, 0.1) is 0 Å². The number of benzene rings is 3. The minimum Gasteiger partial charge on any atom is -0.490 e. The zero-order valence-electron chi connectivity index (χ0n) is 17.6. The van der Waals surface area contributed by atoms with Gasteiger partial charge in [0.2, 0.25) is 0 Å². The van der Waals surface area contributed by atoms with E-state index in [1.54, 1.807) is 24.3 Å². The Balaban J connectivity index is 1.51. The zero-order valence-corrected chi connectivity index (χ0v) is 17.6. The molecule has 0 aliphatic heterocycles. The van der Waals surface area contributed by atoms with Gasteiger partial charge in [0, 0.05) is 5.69 Å². The second-order valence-electron chi connectivity index (χ2n) is 6.90. The van der Waals surface area contributed by atoms with Crippen molar-refractivity contribution in [2.24, 2.45) is 0 Å². The van der Waals surface area contributed by atoms with E-state index in [1.807, 2.05) is 62.4 Å². The molecule has 0 radical (unpaired) electrons. The number of para-hydroxylation sites is 3. The minimum atomic E-state index is -0.628. The number of anilines is 1. The van der Waals surface area contributed by atoms with Gasteiger partial charge in [-0.2, -0.15) is 0 Å². The molecule has 6 nitrogen and oxygen atoms in total. The summed E-state index contributed by atoms with van der Waals surface area (Å²) in [6.07, 6.45) is 0. The van der Waals surface area contributed by atoms with Gasteiger partial charge in [-0.25, -0.2) is 4.79 Å². The van der Waals surface area contributed by atoms with Gasteiger partial charge in [-0.3, -0.25) is 4.79 Å². The van der Waals surface area contributed by atoms with Crippen LogP contribution in [0.25, 0.3) is 0 Å². The van der Waals surface area contributed by atoms with Crippen LogP contribution in [0.1, 0.15) is 21.5 Å². The van der Waals surface area contributed by atoms with E-state index in [1.165, 1.54) is 0 Å². The SMILES string of the molecule is Cc1cccc(C)c1NC(=O)COC(=O)c1ccccc1OCCOc1ccccc1. The van der Waals surface area contributed by atoms with E-state index in [4.69, 9.17) is 14.2 Å². The molecule has 1 N–H and O–H groups in total. The van der Waals surface area contributed by atoms with Crippen molar-refractivity contribution in [2.75, 3.05) is 25.1 Å². The first-order chi connectivity index (χ1) is 15.0. The van der Waals surface area contributed by atoms with Gasteiger partial charge in [-0.05, 0) is 49.2 Å². The molecular formula is C25H25NO5. The summed E-state index contributed by atoms with van der Waals surface area (Å²) < 4.78 is 16.5. The van der Waals surface area contributed by atoms with Crippen molar-refractivity contribution in [1.82, 2.24) is 0 Å². The van der Waals surface area contributed by atoms with Crippen LogP contribution >= 0.6 is 0 Å². The first-order valence-corrected chi connectivity index (χ1v) is 9.97. The molecule has 3 aromatic carbocycles. The number of hydrogen-bond donors (Lipinski definition) is 1. The summed E-state index contributed by atoms with van der Waals surface area (Å²) in [6.45, 7) is 4.00. The number of hydrogen-bond acceptors (Lipinski definition) is 5.